The van der Waals surface area contributed by atoms with Gasteiger partial charge in [0.05, 0.1) is 16.3 Å². The predicted molar refractivity (Wildman–Crippen MR) is 71.8 cm³/mol. The highest BCUT2D eigenvalue weighted by molar-refractivity contribution is 7.17. The molecule has 0 bridgehead atoms. The highest BCUT2D eigenvalue weighted by atomic mass is 32.1. The fourth-order valence-corrected chi connectivity index (χ4v) is 3.32. The van der Waals surface area contributed by atoms with Crippen LogP contribution >= 0.6 is 11.3 Å². The Morgan fingerprint density at radius 3 is 2.83 bits per heavy atom. The van der Waals surface area contributed by atoms with E-state index >= 15 is 0 Å². The predicted octanol–water partition coefficient (Wildman–Crippen LogP) is 3.36. The first-order chi connectivity index (χ1) is 8.55. The van der Waals surface area contributed by atoms with Gasteiger partial charge < -0.3 is 0 Å². The van der Waals surface area contributed by atoms with Crippen molar-refractivity contribution in [3.63, 3.8) is 0 Å². The lowest BCUT2D eigenvalue weighted by molar-refractivity contribution is 0.0916. The zero-order valence-electron chi connectivity index (χ0n) is 10.4. The minimum atomic E-state index is 0.0273. The van der Waals surface area contributed by atoms with E-state index in [9.17, 15) is 4.79 Å². The van der Waals surface area contributed by atoms with Crippen LogP contribution in [0.1, 0.15) is 35.6 Å². The molecule has 1 aliphatic rings. The second kappa shape index (κ2) is 3.99. The van der Waals surface area contributed by atoms with E-state index in [-0.39, 0.29) is 11.2 Å². The Hall–Kier alpha value is -1.55. The molecule has 0 aliphatic heterocycles. The summed E-state index contributed by atoms with van der Waals surface area (Å²) in [6.45, 7) is 4.24. The summed E-state index contributed by atoms with van der Waals surface area (Å²) in [4.78, 5) is 21.8. The molecular formula is C14H14N2OS. The fourth-order valence-electron chi connectivity index (χ4n) is 2.32. The largest absolute Gasteiger partial charge is 0.293 e. The molecule has 0 unspecified atom stereocenters. The third-order valence-electron chi connectivity index (χ3n) is 3.12. The van der Waals surface area contributed by atoms with Crippen molar-refractivity contribution in [1.82, 2.24) is 9.97 Å². The molecule has 0 fully saturated rings. The molecule has 18 heavy (non-hydrogen) atoms. The maximum atomic E-state index is 12.1. The Kier molecular flexibility index (Phi) is 2.55. The molecule has 0 atom stereocenters. The van der Waals surface area contributed by atoms with Crippen LogP contribution in [0.3, 0.4) is 0 Å². The normalized spacial score (nSPS) is 17.6. The molecule has 0 saturated carbocycles. The molecule has 0 aromatic carbocycles. The van der Waals surface area contributed by atoms with Crippen molar-refractivity contribution < 1.29 is 4.79 Å². The zero-order valence-corrected chi connectivity index (χ0v) is 11.3. The van der Waals surface area contributed by atoms with Crippen LogP contribution in [0.5, 0.6) is 0 Å². The van der Waals surface area contributed by atoms with E-state index in [1.165, 1.54) is 11.3 Å². The number of aromatic nitrogens is 2. The van der Waals surface area contributed by atoms with Crippen LogP contribution in [0, 0.1) is 5.41 Å². The number of thiazole rings is 1. The first kappa shape index (κ1) is 11.5. The van der Waals surface area contributed by atoms with E-state index in [1.807, 2.05) is 18.2 Å². The molecule has 3 nitrogen and oxygen atoms in total. The van der Waals surface area contributed by atoms with Crippen molar-refractivity contribution in [2.45, 2.75) is 26.7 Å². The van der Waals surface area contributed by atoms with E-state index < -0.39 is 0 Å². The minimum absolute atomic E-state index is 0.0273. The summed E-state index contributed by atoms with van der Waals surface area (Å²) in [5.41, 5.74) is 1.82. The van der Waals surface area contributed by atoms with Gasteiger partial charge in [-0.05, 0) is 24.0 Å². The lowest BCUT2D eigenvalue weighted by atomic mass is 9.78. The lowest BCUT2D eigenvalue weighted by Crippen LogP contribution is -2.25. The monoisotopic (exact) mass is 258 g/mol. The van der Waals surface area contributed by atoms with E-state index in [1.54, 1.807) is 6.20 Å². The van der Waals surface area contributed by atoms with Crippen LogP contribution in [0.2, 0.25) is 0 Å². The van der Waals surface area contributed by atoms with Crippen molar-refractivity contribution in [3.8, 4) is 10.7 Å². The van der Waals surface area contributed by atoms with E-state index in [4.69, 9.17) is 0 Å². The third kappa shape index (κ3) is 1.97. The Morgan fingerprint density at radius 2 is 2.11 bits per heavy atom. The summed E-state index contributed by atoms with van der Waals surface area (Å²) in [5, 5.41) is 0.853. The number of carbonyl (C=O) groups is 1. The quantitative estimate of drug-likeness (QED) is 0.787. The standard InChI is InChI=1S/C14H14N2OS/c1-14(2)7-10-12(11(17)8-14)18-13(16-10)9-5-3-4-6-15-9/h3-6H,7-8H2,1-2H3. The Bertz CT molecular complexity index is 602. The molecule has 1 aliphatic carbocycles. The summed E-state index contributed by atoms with van der Waals surface area (Å²) in [5.74, 6) is 0.223. The molecule has 0 radical (unpaired) electrons. The summed E-state index contributed by atoms with van der Waals surface area (Å²) >= 11 is 1.47. The van der Waals surface area contributed by atoms with Gasteiger partial charge in [-0.15, -0.1) is 11.3 Å². The van der Waals surface area contributed by atoms with Crippen LogP contribution < -0.4 is 0 Å². The van der Waals surface area contributed by atoms with Gasteiger partial charge in [0.15, 0.2) is 5.78 Å². The van der Waals surface area contributed by atoms with Crippen LogP contribution in [0.25, 0.3) is 10.7 Å². The van der Waals surface area contributed by atoms with Crippen molar-refractivity contribution in [1.29, 1.82) is 0 Å². The van der Waals surface area contributed by atoms with E-state index in [0.717, 1.165) is 27.7 Å². The highest BCUT2D eigenvalue weighted by Gasteiger charge is 2.34. The smallest absolute Gasteiger partial charge is 0.175 e. The van der Waals surface area contributed by atoms with Crippen LogP contribution in [-0.4, -0.2) is 15.8 Å². The summed E-state index contributed by atoms with van der Waals surface area (Å²) in [6, 6.07) is 5.75. The Balaban J connectivity index is 2.06. The number of fused-ring (bicyclic) bond motifs is 1. The van der Waals surface area contributed by atoms with Gasteiger partial charge in [0, 0.05) is 12.6 Å². The molecule has 0 N–H and O–H groups in total. The topological polar surface area (TPSA) is 42.9 Å². The van der Waals surface area contributed by atoms with E-state index in [0.29, 0.717) is 6.42 Å². The number of nitrogens with zero attached hydrogens (tertiary/aromatic N) is 2. The molecule has 0 spiro atoms. The van der Waals surface area contributed by atoms with Gasteiger partial charge in [-0.25, -0.2) is 4.98 Å². The molecule has 2 heterocycles. The number of hydrogen-bond acceptors (Lipinski definition) is 4. The molecule has 2 aromatic heterocycles. The maximum Gasteiger partial charge on any atom is 0.175 e. The Morgan fingerprint density at radius 1 is 1.28 bits per heavy atom. The van der Waals surface area contributed by atoms with Gasteiger partial charge >= 0.3 is 0 Å². The SMILES string of the molecule is CC1(C)CC(=O)c2sc(-c3ccccn3)nc2C1. The minimum Gasteiger partial charge on any atom is -0.293 e. The highest BCUT2D eigenvalue weighted by Crippen LogP contribution is 2.38. The number of carbonyl (C=O) groups excluding carboxylic acids is 1. The zero-order chi connectivity index (χ0) is 12.8. The molecule has 0 saturated heterocycles. The lowest BCUT2D eigenvalue weighted by Gasteiger charge is -2.26. The molecular weight excluding hydrogens is 244 g/mol. The van der Waals surface area contributed by atoms with Gasteiger partial charge in [0.25, 0.3) is 0 Å². The summed E-state index contributed by atoms with van der Waals surface area (Å²) < 4.78 is 0. The molecule has 92 valence electrons. The van der Waals surface area contributed by atoms with Crippen LogP contribution in [-0.2, 0) is 6.42 Å². The third-order valence-corrected chi connectivity index (χ3v) is 4.28. The van der Waals surface area contributed by atoms with Gasteiger partial charge in [0.2, 0.25) is 0 Å². The number of ketones is 1. The average molecular weight is 258 g/mol. The van der Waals surface area contributed by atoms with Crippen molar-refractivity contribution >= 4 is 17.1 Å². The summed E-state index contributed by atoms with van der Waals surface area (Å²) in [7, 11) is 0. The fraction of sp³-hybridized carbons (Fsp3) is 0.357. The number of hydrogen-bond donors (Lipinski definition) is 0. The molecule has 4 heteroatoms. The summed E-state index contributed by atoms with van der Waals surface area (Å²) in [6.07, 6.45) is 3.24. The van der Waals surface area contributed by atoms with Crippen molar-refractivity contribution in [3.05, 3.63) is 35.0 Å². The molecule has 3 rings (SSSR count). The van der Waals surface area contributed by atoms with Crippen molar-refractivity contribution in [2.24, 2.45) is 5.41 Å². The molecule has 2 aromatic rings. The number of Topliss-reactive ketones (excluding diaryl/α,β-unsaturated/α-hetero) is 1. The van der Waals surface area contributed by atoms with Gasteiger partial charge in [-0.2, -0.15) is 0 Å². The van der Waals surface area contributed by atoms with Crippen molar-refractivity contribution in [2.75, 3.05) is 0 Å². The van der Waals surface area contributed by atoms with Crippen LogP contribution in [0.4, 0.5) is 0 Å². The van der Waals surface area contributed by atoms with E-state index in [2.05, 4.69) is 23.8 Å². The Labute approximate surface area is 110 Å². The number of rotatable bonds is 1. The van der Waals surface area contributed by atoms with Gasteiger partial charge in [-0.1, -0.05) is 19.9 Å². The second-order valence-corrected chi connectivity index (χ2v) is 6.45. The second-order valence-electron chi connectivity index (χ2n) is 5.45. The maximum absolute atomic E-state index is 12.1. The first-order valence-corrected chi connectivity index (χ1v) is 6.81. The van der Waals surface area contributed by atoms with Gasteiger partial charge in [-0.3, -0.25) is 9.78 Å². The number of pyridine rings is 1. The van der Waals surface area contributed by atoms with Crippen LogP contribution in [0.15, 0.2) is 24.4 Å². The first-order valence-electron chi connectivity index (χ1n) is 5.99. The average Bonchev–Trinajstić information content (AvgIpc) is 2.72. The molecule has 0 amide bonds. The van der Waals surface area contributed by atoms with Gasteiger partial charge in [0.1, 0.15) is 5.01 Å².